The summed E-state index contributed by atoms with van der Waals surface area (Å²) >= 11 is 1.54. The second-order valence-corrected chi connectivity index (χ2v) is 7.07. The lowest BCUT2D eigenvalue weighted by Crippen LogP contribution is -2.46. The lowest BCUT2D eigenvalue weighted by molar-refractivity contribution is -0.183. The second kappa shape index (κ2) is 7.51. The topological polar surface area (TPSA) is 54.0 Å². The van der Waals surface area contributed by atoms with Crippen molar-refractivity contribution in [1.29, 1.82) is 0 Å². The number of carbonyl (C=O) groups is 1. The van der Waals surface area contributed by atoms with Crippen molar-refractivity contribution in [3.63, 3.8) is 0 Å². The van der Waals surface area contributed by atoms with Gasteiger partial charge in [0.25, 0.3) is 0 Å². The Labute approximate surface area is 137 Å². The number of thiazole rings is 1. The van der Waals surface area contributed by atoms with E-state index in [1.807, 2.05) is 19.2 Å². The van der Waals surface area contributed by atoms with E-state index in [1.54, 1.807) is 11.3 Å². The van der Waals surface area contributed by atoms with E-state index in [0.29, 0.717) is 19.4 Å². The van der Waals surface area contributed by atoms with Gasteiger partial charge in [-0.05, 0) is 26.2 Å². The monoisotopic (exact) mass is 349 g/mol. The van der Waals surface area contributed by atoms with E-state index >= 15 is 0 Å². The molecule has 130 valence electrons. The molecule has 0 radical (unpaired) electrons. The molecule has 0 bridgehead atoms. The molecule has 1 aliphatic rings. The fraction of sp³-hybridized carbons (Fsp3) is 0.733. The Bertz CT molecular complexity index is 532. The maximum atomic E-state index is 12.8. The predicted octanol–water partition coefficient (Wildman–Crippen LogP) is 3.98. The van der Waals surface area contributed by atoms with Gasteiger partial charge in [-0.3, -0.25) is 0 Å². The van der Waals surface area contributed by atoms with Crippen molar-refractivity contribution in [2.24, 2.45) is 5.92 Å². The van der Waals surface area contributed by atoms with Crippen LogP contribution in [0.1, 0.15) is 49.2 Å². The summed E-state index contributed by atoms with van der Waals surface area (Å²) in [7, 11) is 0. The molecule has 23 heavy (non-hydrogen) atoms. The first-order valence-corrected chi connectivity index (χ1v) is 8.66. The van der Waals surface area contributed by atoms with E-state index in [1.165, 1.54) is 0 Å². The molecule has 1 heterocycles. The summed E-state index contributed by atoms with van der Waals surface area (Å²) < 4.78 is 38.3. The lowest BCUT2D eigenvalue weighted by Gasteiger charge is -2.31. The summed E-state index contributed by atoms with van der Waals surface area (Å²) in [5.74, 6) is -1.23. The molecule has 0 aromatic carbocycles. The molecule has 1 saturated carbocycles. The number of urea groups is 1. The second-order valence-electron chi connectivity index (χ2n) is 6.18. The number of aryl methyl sites for hydroxylation is 1. The maximum absolute atomic E-state index is 12.8. The van der Waals surface area contributed by atoms with E-state index in [0.717, 1.165) is 10.7 Å². The molecule has 1 fully saturated rings. The Hall–Kier alpha value is -1.31. The minimum Gasteiger partial charge on any atom is -0.337 e. The van der Waals surface area contributed by atoms with Gasteiger partial charge in [-0.15, -0.1) is 11.3 Å². The Morgan fingerprint density at radius 1 is 1.48 bits per heavy atom. The molecule has 1 aromatic rings. The summed E-state index contributed by atoms with van der Waals surface area (Å²) in [6.07, 6.45) is -2.96. The molecular formula is C15H22F3N3OS. The number of alkyl halides is 3. The van der Waals surface area contributed by atoms with Crippen molar-refractivity contribution < 1.29 is 18.0 Å². The zero-order valence-corrected chi connectivity index (χ0v) is 14.1. The first-order valence-electron chi connectivity index (χ1n) is 7.78. The summed E-state index contributed by atoms with van der Waals surface area (Å²) in [6.45, 7) is 4.28. The smallest absolute Gasteiger partial charge is 0.337 e. The van der Waals surface area contributed by atoms with Gasteiger partial charge in [0.05, 0.1) is 10.9 Å². The summed E-state index contributed by atoms with van der Waals surface area (Å²) in [6, 6.07) is -0.814. The molecule has 8 heteroatoms. The van der Waals surface area contributed by atoms with Gasteiger partial charge in [-0.2, -0.15) is 13.2 Å². The maximum Gasteiger partial charge on any atom is 0.391 e. The highest BCUT2D eigenvalue weighted by Gasteiger charge is 2.42. The average molecular weight is 349 g/mol. The molecule has 2 N–H and O–H groups in total. The van der Waals surface area contributed by atoms with Crippen molar-refractivity contribution in [3.05, 3.63) is 16.1 Å². The third-order valence-corrected chi connectivity index (χ3v) is 5.29. The Morgan fingerprint density at radius 2 is 2.22 bits per heavy atom. The quantitative estimate of drug-likeness (QED) is 0.864. The number of hydrogen-bond acceptors (Lipinski definition) is 3. The molecule has 1 aromatic heterocycles. The summed E-state index contributed by atoms with van der Waals surface area (Å²) in [5, 5.41) is 8.28. The van der Waals surface area contributed by atoms with E-state index in [9.17, 15) is 18.0 Å². The van der Waals surface area contributed by atoms with Crippen molar-refractivity contribution in [2.45, 2.75) is 57.7 Å². The van der Waals surface area contributed by atoms with Gasteiger partial charge in [0.2, 0.25) is 0 Å². The molecule has 3 atom stereocenters. The van der Waals surface area contributed by atoms with E-state index < -0.39 is 24.2 Å². The van der Waals surface area contributed by atoms with Crippen LogP contribution in [-0.2, 0) is 0 Å². The number of nitrogens with zero attached hydrogens (tertiary/aromatic N) is 1. The Balaban J connectivity index is 1.76. The van der Waals surface area contributed by atoms with E-state index in [4.69, 9.17) is 0 Å². The fourth-order valence-corrected chi connectivity index (χ4v) is 3.64. The minimum atomic E-state index is -4.17. The number of hydrogen-bond donors (Lipinski definition) is 2. The molecule has 3 unspecified atom stereocenters. The SMILES string of the molecule is Cc1csc(C(C)CNC(=O)NC2CCCC(C(F)(F)F)C2)n1. The fourth-order valence-electron chi connectivity index (χ4n) is 2.79. The van der Waals surface area contributed by atoms with Gasteiger partial charge in [0, 0.05) is 29.6 Å². The molecule has 0 aliphatic heterocycles. The van der Waals surface area contributed by atoms with Crippen molar-refractivity contribution in [3.8, 4) is 0 Å². The Kier molecular flexibility index (Phi) is 5.89. The van der Waals surface area contributed by atoms with Crippen LogP contribution < -0.4 is 10.6 Å². The van der Waals surface area contributed by atoms with Gasteiger partial charge >= 0.3 is 12.2 Å². The average Bonchev–Trinajstić information content (AvgIpc) is 2.91. The molecule has 0 saturated heterocycles. The predicted molar refractivity (Wildman–Crippen MR) is 83.6 cm³/mol. The Morgan fingerprint density at radius 3 is 2.83 bits per heavy atom. The van der Waals surface area contributed by atoms with Crippen LogP contribution in [0.5, 0.6) is 0 Å². The summed E-state index contributed by atoms with van der Waals surface area (Å²) in [4.78, 5) is 16.3. The first kappa shape index (κ1) is 18.0. The summed E-state index contributed by atoms with van der Waals surface area (Å²) in [5.41, 5.74) is 0.946. The molecular weight excluding hydrogens is 327 g/mol. The lowest BCUT2D eigenvalue weighted by atomic mass is 9.85. The van der Waals surface area contributed by atoms with Crippen molar-refractivity contribution in [1.82, 2.24) is 15.6 Å². The van der Waals surface area contributed by atoms with Crippen LogP contribution in [0.4, 0.5) is 18.0 Å². The van der Waals surface area contributed by atoms with Crippen LogP contribution in [0.2, 0.25) is 0 Å². The standard InChI is InChI=1S/C15H22F3N3OS/c1-9(13-20-10(2)8-23-13)7-19-14(22)21-12-5-3-4-11(6-12)15(16,17)18/h8-9,11-12H,3-7H2,1-2H3,(H2,19,21,22). The van der Waals surface area contributed by atoms with Gasteiger partial charge in [0.1, 0.15) is 0 Å². The highest BCUT2D eigenvalue weighted by molar-refractivity contribution is 7.09. The number of halogens is 3. The first-order chi connectivity index (χ1) is 10.8. The van der Waals surface area contributed by atoms with E-state index in [2.05, 4.69) is 15.6 Å². The highest BCUT2D eigenvalue weighted by Crippen LogP contribution is 2.37. The molecule has 4 nitrogen and oxygen atoms in total. The molecule has 2 amide bonds. The van der Waals surface area contributed by atoms with Gasteiger partial charge in [-0.1, -0.05) is 13.3 Å². The third kappa shape index (κ3) is 5.37. The number of rotatable bonds is 4. The number of nitrogens with one attached hydrogen (secondary N) is 2. The number of carbonyl (C=O) groups excluding carboxylic acids is 1. The molecule has 1 aliphatic carbocycles. The van der Waals surface area contributed by atoms with Crippen LogP contribution in [0.25, 0.3) is 0 Å². The van der Waals surface area contributed by atoms with Crippen LogP contribution in [0, 0.1) is 12.8 Å². The van der Waals surface area contributed by atoms with Gasteiger partial charge in [0.15, 0.2) is 0 Å². The molecule has 0 spiro atoms. The van der Waals surface area contributed by atoms with Crippen molar-refractivity contribution >= 4 is 17.4 Å². The number of amides is 2. The minimum absolute atomic E-state index is 0.0296. The van der Waals surface area contributed by atoms with Crippen LogP contribution >= 0.6 is 11.3 Å². The van der Waals surface area contributed by atoms with Gasteiger partial charge < -0.3 is 10.6 Å². The van der Waals surface area contributed by atoms with E-state index in [-0.39, 0.29) is 18.8 Å². The number of aromatic nitrogens is 1. The zero-order chi connectivity index (χ0) is 17.0. The van der Waals surface area contributed by atoms with Gasteiger partial charge in [-0.25, -0.2) is 9.78 Å². The third-order valence-electron chi connectivity index (χ3n) is 4.10. The highest BCUT2D eigenvalue weighted by atomic mass is 32.1. The van der Waals surface area contributed by atoms with Crippen LogP contribution in [-0.4, -0.2) is 29.8 Å². The normalized spacial score (nSPS) is 23.3. The van der Waals surface area contributed by atoms with Crippen LogP contribution in [0.3, 0.4) is 0 Å². The largest absolute Gasteiger partial charge is 0.391 e. The van der Waals surface area contributed by atoms with Crippen molar-refractivity contribution in [2.75, 3.05) is 6.54 Å². The van der Waals surface area contributed by atoms with Crippen LogP contribution in [0.15, 0.2) is 5.38 Å². The zero-order valence-electron chi connectivity index (χ0n) is 13.2. The molecule has 2 rings (SSSR count).